The summed E-state index contributed by atoms with van der Waals surface area (Å²) in [7, 11) is 1.40. The van der Waals surface area contributed by atoms with E-state index in [4.69, 9.17) is 4.42 Å². The average Bonchev–Trinajstić information content (AvgIpc) is 2.38. The Morgan fingerprint density at radius 1 is 1.27 bits per heavy atom. The SMILES string of the molecule is CC1C=Cc2oc(=O)n(C)c(=O)c2C=C1. The van der Waals surface area contributed by atoms with E-state index in [-0.39, 0.29) is 11.5 Å². The Kier molecular flexibility index (Phi) is 2.19. The van der Waals surface area contributed by atoms with E-state index in [0.717, 1.165) is 4.57 Å². The molecule has 1 unspecified atom stereocenters. The van der Waals surface area contributed by atoms with E-state index in [1.807, 2.05) is 19.1 Å². The minimum atomic E-state index is -0.633. The van der Waals surface area contributed by atoms with Gasteiger partial charge in [0.05, 0.1) is 5.56 Å². The molecule has 0 saturated heterocycles. The Labute approximate surface area is 86.2 Å². The molecule has 4 heteroatoms. The van der Waals surface area contributed by atoms with Gasteiger partial charge in [-0.05, 0) is 18.1 Å². The lowest BCUT2D eigenvalue weighted by molar-refractivity contribution is 0.433. The number of allylic oxidation sites excluding steroid dienone is 2. The molecule has 4 nitrogen and oxygen atoms in total. The van der Waals surface area contributed by atoms with Crippen molar-refractivity contribution in [2.45, 2.75) is 6.92 Å². The number of hydrogen-bond acceptors (Lipinski definition) is 3. The van der Waals surface area contributed by atoms with E-state index in [1.165, 1.54) is 7.05 Å². The second-order valence-corrected chi connectivity index (χ2v) is 3.59. The summed E-state index contributed by atoms with van der Waals surface area (Å²) < 4.78 is 5.97. The highest BCUT2D eigenvalue weighted by molar-refractivity contribution is 5.63. The fourth-order valence-corrected chi connectivity index (χ4v) is 1.42. The van der Waals surface area contributed by atoms with E-state index < -0.39 is 5.76 Å². The lowest BCUT2D eigenvalue weighted by Crippen LogP contribution is -2.31. The van der Waals surface area contributed by atoms with Crippen LogP contribution in [-0.4, -0.2) is 4.57 Å². The third-order valence-electron chi connectivity index (χ3n) is 2.39. The summed E-state index contributed by atoms with van der Waals surface area (Å²) in [4.78, 5) is 23.0. The Hall–Kier alpha value is -1.84. The molecule has 0 fully saturated rings. The smallest absolute Gasteiger partial charge is 0.409 e. The first-order valence-corrected chi connectivity index (χ1v) is 4.70. The van der Waals surface area contributed by atoms with Crippen LogP contribution in [0.4, 0.5) is 0 Å². The zero-order chi connectivity index (χ0) is 11.0. The van der Waals surface area contributed by atoms with Gasteiger partial charge in [-0.15, -0.1) is 0 Å². The molecule has 0 aromatic carbocycles. The van der Waals surface area contributed by atoms with Crippen molar-refractivity contribution < 1.29 is 4.42 Å². The Bertz CT molecular complexity index is 560. The minimum Gasteiger partial charge on any atom is -0.409 e. The van der Waals surface area contributed by atoms with E-state index in [9.17, 15) is 9.59 Å². The minimum absolute atomic E-state index is 0.229. The van der Waals surface area contributed by atoms with Crippen molar-refractivity contribution in [1.82, 2.24) is 4.57 Å². The maximum absolute atomic E-state index is 11.7. The van der Waals surface area contributed by atoms with Gasteiger partial charge in [-0.3, -0.25) is 4.79 Å². The first-order valence-electron chi connectivity index (χ1n) is 4.70. The van der Waals surface area contributed by atoms with Gasteiger partial charge >= 0.3 is 5.76 Å². The molecule has 1 atom stereocenters. The topological polar surface area (TPSA) is 52.2 Å². The first kappa shape index (κ1) is 9.71. The van der Waals surface area contributed by atoms with Gasteiger partial charge in [0.15, 0.2) is 0 Å². The van der Waals surface area contributed by atoms with Crippen molar-refractivity contribution >= 4 is 12.2 Å². The number of aromatic nitrogens is 1. The normalized spacial score (nSPS) is 18.7. The fourth-order valence-electron chi connectivity index (χ4n) is 1.42. The molecule has 1 aromatic heterocycles. The zero-order valence-electron chi connectivity index (χ0n) is 8.56. The molecule has 0 aliphatic heterocycles. The molecule has 0 spiro atoms. The van der Waals surface area contributed by atoms with Gasteiger partial charge in [-0.2, -0.15) is 0 Å². The van der Waals surface area contributed by atoms with E-state index in [2.05, 4.69) is 0 Å². The van der Waals surface area contributed by atoms with E-state index in [0.29, 0.717) is 11.3 Å². The summed E-state index contributed by atoms with van der Waals surface area (Å²) in [6, 6.07) is 0. The van der Waals surface area contributed by atoms with Gasteiger partial charge in [0.2, 0.25) is 0 Å². The van der Waals surface area contributed by atoms with Crippen LogP contribution in [0.1, 0.15) is 18.2 Å². The Balaban J connectivity index is 2.80. The molecule has 0 bridgehead atoms. The lowest BCUT2D eigenvalue weighted by Gasteiger charge is -1.99. The highest BCUT2D eigenvalue weighted by Gasteiger charge is 2.12. The van der Waals surface area contributed by atoms with Crippen LogP contribution in [0.3, 0.4) is 0 Å². The van der Waals surface area contributed by atoms with Crippen LogP contribution in [0, 0.1) is 5.92 Å². The van der Waals surface area contributed by atoms with Crippen LogP contribution in [0.2, 0.25) is 0 Å². The molecule has 78 valence electrons. The fraction of sp³-hybridized carbons (Fsp3) is 0.273. The largest absolute Gasteiger partial charge is 0.422 e. The van der Waals surface area contributed by atoms with Gasteiger partial charge in [-0.25, -0.2) is 9.36 Å². The summed E-state index contributed by atoms with van der Waals surface area (Å²) in [5, 5.41) is 0. The summed E-state index contributed by atoms with van der Waals surface area (Å²) >= 11 is 0. The van der Waals surface area contributed by atoms with Crippen molar-refractivity contribution in [3.8, 4) is 0 Å². The van der Waals surface area contributed by atoms with Gasteiger partial charge in [0, 0.05) is 7.05 Å². The lowest BCUT2D eigenvalue weighted by atomic mass is 10.1. The summed E-state index contributed by atoms with van der Waals surface area (Å²) in [5.41, 5.74) is 0.106. The third kappa shape index (κ3) is 1.58. The predicted molar refractivity (Wildman–Crippen MR) is 57.5 cm³/mol. The summed E-state index contributed by atoms with van der Waals surface area (Å²) in [6.45, 7) is 1.99. The summed E-state index contributed by atoms with van der Waals surface area (Å²) in [6.07, 6.45) is 7.14. The highest BCUT2D eigenvalue weighted by atomic mass is 16.4. The monoisotopic (exact) mass is 205 g/mol. The second kappa shape index (κ2) is 3.38. The van der Waals surface area contributed by atoms with Crippen molar-refractivity contribution in [3.05, 3.63) is 44.4 Å². The molecule has 15 heavy (non-hydrogen) atoms. The van der Waals surface area contributed by atoms with Crippen LogP contribution in [0.15, 0.2) is 26.2 Å². The van der Waals surface area contributed by atoms with E-state index in [1.54, 1.807) is 12.2 Å². The van der Waals surface area contributed by atoms with Crippen LogP contribution >= 0.6 is 0 Å². The number of hydrogen-bond donors (Lipinski definition) is 0. The van der Waals surface area contributed by atoms with Crippen molar-refractivity contribution in [3.63, 3.8) is 0 Å². The van der Waals surface area contributed by atoms with Crippen molar-refractivity contribution in [2.24, 2.45) is 13.0 Å². The van der Waals surface area contributed by atoms with Gasteiger partial charge in [0.25, 0.3) is 5.56 Å². The van der Waals surface area contributed by atoms with Crippen LogP contribution in [-0.2, 0) is 7.05 Å². The van der Waals surface area contributed by atoms with Crippen LogP contribution in [0.25, 0.3) is 12.2 Å². The summed E-state index contributed by atoms with van der Waals surface area (Å²) in [5.74, 6) is -0.0672. The molecule has 0 saturated carbocycles. The Morgan fingerprint density at radius 3 is 2.67 bits per heavy atom. The molecular weight excluding hydrogens is 194 g/mol. The molecule has 0 amide bonds. The quantitative estimate of drug-likeness (QED) is 0.635. The predicted octanol–water partition coefficient (Wildman–Crippen LogP) is 1.01. The van der Waals surface area contributed by atoms with Crippen molar-refractivity contribution in [1.29, 1.82) is 0 Å². The first-order chi connectivity index (χ1) is 7.09. The van der Waals surface area contributed by atoms with Crippen molar-refractivity contribution in [2.75, 3.05) is 0 Å². The third-order valence-corrected chi connectivity index (χ3v) is 2.39. The van der Waals surface area contributed by atoms with Crippen LogP contribution < -0.4 is 11.3 Å². The van der Waals surface area contributed by atoms with Crippen LogP contribution in [0.5, 0.6) is 0 Å². The Morgan fingerprint density at radius 2 is 1.93 bits per heavy atom. The molecule has 0 N–H and O–H groups in total. The van der Waals surface area contributed by atoms with Gasteiger partial charge < -0.3 is 4.42 Å². The number of nitrogens with zero attached hydrogens (tertiary/aromatic N) is 1. The molecule has 1 aliphatic carbocycles. The zero-order valence-corrected chi connectivity index (χ0v) is 8.56. The molecule has 0 radical (unpaired) electrons. The number of fused-ring (bicyclic) bond motifs is 1. The molecule has 1 aliphatic rings. The molecule has 1 heterocycles. The van der Waals surface area contributed by atoms with E-state index >= 15 is 0 Å². The maximum Gasteiger partial charge on any atom is 0.422 e. The van der Waals surface area contributed by atoms with Gasteiger partial charge in [0.1, 0.15) is 5.76 Å². The highest BCUT2D eigenvalue weighted by Crippen LogP contribution is 2.14. The van der Waals surface area contributed by atoms with Gasteiger partial charge in [-0.1, -0.05) is 19.1 Å². The molecule has 2 rings (SSSR count). The second-order valence-electron chi connectivity index (χ2n) is 3.59. The molecular formula is C11H11NO3. The standard InChI is InChI=1S/C11H11NO3/c1-7-3-5-8-9(6-4-7)15-11(14)12(2)10(8)13/h3-7H,1-2H3. The number of rotatable bonds is 0. The maximum atomic E-state index is 11.7. The average molecular weight is 205 g/mol. The molecule has 1 aromatic rings.